The minimum Gasteiger partial charge on any atom is -0.486 e. The largest absolute Gasteiger partial charge is 0.486 e. The van der Waals surface area contributed by atoms with Gasteiger partial charge in [-0.25, -0.2) is 4.98 Å². The van der Waals surface area contributed by atoms with Crippen LogP contribution in [0.25, 0.3) is 0 Å². The maximum absolute atomic E-state index is 12.3. The molecule has 0 saturated carbocycles. The Hall–Kier alpha value is -2.12. The van der Waals surface area contributed by atoms with Crippen molar-refractivity contribution in [1.29, 1.82) is 0 Å². The van der Waals surface area contributed by atoms with Gasteiger partial charge in [-0.15, -0.1) is 11.3 Å². The number of likely N-dealkylation sites (tertiary alicyclic amines) is 1. The molecule has 132 valence electrons. The summed E-state index contributed by atoms with van der Waals surface area (Å²) in [6.07, 6.45) is 3.99. The summed E-state index contributed by atoms with van der Waals surface area (Å²) in [5.41, 5.74) is 0. The van der Waals surface area contributed by atoms with Crippen molar-refractivity contribution in [3.05, 3.63) is 40.3 Å². The topological polar surface area (TPSA) is 63.7 Å². The zero-order valence-electron chi connectivity index (χ0n) is 13.9. The first-order chi connectivity index (χ1) is 12.3. The number of amides is 1. The fourth-order valence-electron chi connectivity index (χ4n) is 3.08. The summed E-state index contributed by atoms with van der Waals surface area (Å²) in [4.78, 5) is 19.7. The number of nitrogens with zero attached hydrogens (tertiary/aromatic N) is 2. The van der Waals surface area contributed by atoms with Crippen LogP contribution in [0.1, 0.15) is 27.5 Å². The van der Waals surface area contributed by atoms with Crippen molar-refractivity contribution in [2.24, 2.45) is 0 Å². The number of aromatic nitrogens is 1. The molecule has 1 amide bonds. The molecule has 6 nitrogen and oxygen atoms in total. The monoisotopic (exact) mass is 359 g/mol. The molecule has 1 unspecified atom stereocenters. The third kappa shape index (κ3) is 3.93. The number of ether oxygens (including phenoxy) is 2. The van der Waals surface area contributed by atoms with Gasteiger partial charge in [0.25, 0.3) is 5.91 Å². The number of para-hydroxylation sites is 2. The summed E-state index contributed by atoms with van der Waals surface area (Å²) in [6, 6.07) is 7.57. The van der Waals surface area contributed by atoms with Crippen LogP contribution >= 0.6 is 11.3 Å². The van der Waals surface area contributed by atoms with E-state index in [2.05, 4.69) is 15.2 Å². The minimum absolute atomic E-state index is 0.104. The molecule has 7 heteroatoms. The SMILES string of the molecule is O=C(NCC1COc2ccccc2O1)c1cnc(CN2CCCC2)s1. The normalized spacial score (nSPS) is 19.8. The van der Waals surface area contributed by atoms with Gasteiger partial charge in [0.15, 0.2) is 11.5 Å². The van der Waals surface area contributed by atoms with Crippen LogP contribution in [0, 0.1) is 0 Å². The highest BCUT2D eigenvalue weighted by Crippen LogP contribution is 2.30. The fourth-order valence-corrected chi connectivity index (χ4v) is 3.95. The number of hydrogen-bond donors (Lipinski definition) is 1. The van der Waals surface area contributed by atoms with E-state index in [9.17, 15) is 4.79 Å². The Morgan fingerprint density at radius 1 is 1.28 bits per heavy atom. The van der Waals surface area contributed by atoms with Gasteiger partial charge in [0, 0.05) is 0 Å². The zero-order chi connectivity index (χ0) is 17.1. The number of thiazole rings is 1. The van der Waals surface area contributed by atoms with E-state index in [4.69, 9.17) is 9.47 Å². The summed E-state index contributed by atoms with van der Waals surface area (Å²) >= 11 is 1.47. The van der Waals surface area contributed by atoms with E-state index in [0.29, 0.717) is 18.0 Å². The van der Waals surface area contributed by atoms with Gasteiger partial charge >= 0.3 is 0 Å². The minimum atomic E-state index is -0.184. The number of fused-ring (bicyclic) bond motifs is 1. The first-order valence-electron chi connectivity index (χ1n) is 8.62. The Kier molecular flexibility index (Phi) is 4.85. The summed E-state index contributed by atoms with van der Waals surface area (Å²) in [5, 5.41) is 3.92. The highest BCUT2D eigenvalue weighted by molar-refractivity contribution is 7.13. The maximum Gasteiger partial charge on any atom is 0.263 e. The molecule has 1 aromatic heterocycles. The van der Waals surface area contributed by atoms with Crippen LogP contribution in [0.2, 0.25) is 0 Å². The Bertz CT molecular complexity index is 743. The smallest absolute Gasteiger partial charge is 0.263 e. The van der Waals surface area contributed by atoms with Crippen molar-refractivity contribution in [1.82, 2.24) is 15.2 Å². The molecule has 1 saturated heterocycles. The highest BCUT2D eigenvalue weighted by Gasteiger charge is 2.22. The molecule has 1 aromatic carbocycles. The molecule has 4 rings (SSSR count). The van der Waals surface area contributed by atoms with Crippen molar-refractivity contribution in [2.75, 3.05) is 26.2 Å². The van der Waals surface area contributed by atoms with Crippen LogP contribution in [0.3, 0.4) is 0 Å². The molecule has 0 radical (unpaired) electrons. The lowest BCUT2D eigenvalue weighted by molar-refractivity contribution is 0.0791. The van der Waals surface area contributed by atoms with E-state index in [1.54, 1.807) is 6.20 Å². The quantitative estimate of drug-likeness (QED) is 0.888. The van der Waals surface area contributed by atoms with E-state index < -0.39 is 0 Å². The molecule has 0 bridgehead atoms. The van der Waals surface area contributed by atoms with Gasteiger partial charge in [0.1, 0.15) is 22.6 Å². The van der Waals surface area contributed by atoms with Gasteiger partial charge in [-0.1, -0.05) is 12.1 Å². The predicted molar refractivity (Wildman–Crippen MR) is 95.3 cm³/mol. The van der Waals surface area contributed by atoms with Crippen LogP contribution in [-0.2, 0) is 6.54 Å². The molecule has 3 heterocycles. The number of rotatable bonds is 5. The molecular formula is C18H21N3O3S. The Morgan fingerprint density at radius 3 is 2.92 bits per heavy atom. The molecular weight excluding hydrogens is 338 g/mol. The summed E-state index contributed by atoms with van der Waals surface area (Å²) in [7, 11) is 0. The van der Waals surface area contributed by atoms with E-state index in [1.165, 1.54) is 24.2 Å². The number of hydrogen-bond acceptors (Lipinski definition) is 6. The third-order valence-corrected chi connectivity index (χ3v) is 5.37. The van der Waals surface area contributed by atoms with E-state index >= 15 is 0 Å². The number of benzene rings is 1. The molecule has 0 aliphatic carbocycles. The molecule has 0 spiro atoms. The fraction of sp³-hybridized carbons (Fsp3) is 0.444. The molecule has 1 fully saturated rings. The van der Waals surface area contributed by atoms with Gasteiger partial charge in [0.05, 0.1) is 19.3 Å². The average molecular weight is 359 g/mol. The first kappa shape index (κ1) is 16.4. The lowest BCUT2D eigenvalue weighted by Crippen LogP contribution is -2.40. The average Bonchev–Trinajstić information content (AvgIpc) is 3.32. The van der Waals surface area contributed by atoms with Crippen molar-refractivity contribution in [2.45, 2.75) is 25.5 Å². The summed E-state index contributed by atoms with van der Waals surface area (Å²) in [6.45, 7) is 3.93. The third-order valence-electron chi connectivity index (χ3n) is 4.39. The molecule has 2 aromatic rings. The molecule has 25 heavy (non-hydrogen) atoms. The standard InChI is InChI=1S/C18H21N3O3S/c22-18(16-10-19-17(25-16)11-21-7-3-4-8-21)20-9-13-12-23-14-5-1-2-6-15(14)24-13/h1-2,5-6,10,13H,3-4,7-9,11-12H2,(H,20,22). The van der Waals surface area contributed by atoms with E-state index in [1.807, 2.05) is 24.3 Å². The second-order valence-electron chi connectivity index (χ2n) is 6.31. The van der Waals surface area contributed by atoms with Crippen molar-refractivity contribution >= 4 is 17.2 Å². The van der Waals surface area contributed by atoms with Crippen LogP contribution in [0.4, 0.5) is 0 Å². The molecule has 2 aliphatic rings. The van der Waals surface area contributed by atoms with E-state index in [-0.39, 0.29) is 12.0 Å². The van der Waals surface area contributed by atoms with Crippen LogP contribution < -0.4 is 14.8 Å². The second kappa shape index (κ2) is 7.41. The van der Waals surface area contributed by atoms with Crippen LogP contribution in [0.15, 0.2) is 30.5 Å². The summed E-state index contributed by atoms with van der Waals surface area (Å²) in [5.74, 6) is 1.37. The molecule has 1 N–H and O–H groups in total. The highest BCUT2D eigenvalue weighted by atomic mass is 32.1. The lowest BCUT2D eigenvalue weighted by atomic mass is 10.2. The molecule has 1 atom stereocenters. The zero-order valence-corrected chi connectivity index (χ0v) is 14.8. The van der Waals surface area contributed by atoms with Crippen molar-refractivity contribution < 1.29 is 14.3 Å². The second-order valence-corrected chi connectivity index (χ2v) is 7.42. The first-order valence-corrected chi connectivity index (χ1v) is 9.43. The van der Waals surface area contributed by atoms with Gasteiger partial charge in [-0.05, 0) is 38.1 Å². The Balaban J connectivity index is 1.28. The van der Waals surface area contributed by atoms with Crippen molar-refractivity contribution in [3.8, 4) is 11.5 Å². The van der Waals surface area contributed by atoms with Crippen molar-refractivity contribution in [3.63, 3.8) is 0 Å². The van der Waals surface area contributed by atoms with Crippen LogP contribution in [-0.4, -0.2) is 48.1 Å². The van der Waals surface area contributed by atoms with Crippen LogP contribution in [0.5, 0.6) is 11.5 Å². The van der Waals surface area contributed by atoms with Gasteiger partial charge in [0.2, 0.25) is 0 Å². The number of nitrogens with one attached hydrogen (secondary N) is 1. The summed E-state index contributed by atoms with van der Waals surface area (Å²) < 4.78 is 11.5. The van der Waals surface area contributed by atoms with Gasteiger partial charge in [-0.2, -0.15) is 0 Å². The lowest BCUT2D eigenvalue weighted by Gasteiger charge is -2.26. The predicted octanol–water partition coefficient (Wildman–Crippen LogP) is 2.31. The number of carbonyl (C=O) groups excluding carboxylic acids is 1. The van der Waals surface area contributed by atoms with E-state index in [0.717, 1.165) is 36.1 Å². The molecule has 2 aliphatic heterocycles. The number of carbonyl (C=O) groups is 1. The Labute approximate surface area is 150 Å². The maximum atomic E-state index is 12.3. The van der Waals surface area contributed by atoms with Gasteiger partial charge in [-0.3, -0.25) is 9.69 Å². The Morgan fingerprint density at radius 2 is 2.08 bits per heavy atom. The van der Waals surface area contributed by atoms with Gasteiger partial charge < -0.3 is 14.8 Å².